The Balaban J connectivity index is 2.24. The number of aromatic nitrogens is 1. The van der Waals surface area contributed by atoms with Gasteiger partial charge in [-0.25, -0.2) is 4.98 Å². The maximum absolute atomic E-state index is 12.6. The summed E-state index contributed by atoms with van der Waals surface area (Å²) in [5.41, 5.74) is 1.00. The van der Waals surface area contributed by atoms with Gasteiger partial charge in [0.2, 0.25) is 5.91 Å². The molecule has 1 aromatic carbocycles. The molecule has 2 aromatic rings. The molecule has 0 saturated carbocycles. The van der Waals surface area contributed by atoms with E-state index in [1.807, 2.05) is 35.7 Å². The molecule has 20 heavy (non-hydrogen) atoms. The Morgan fingerprint density at radius 1 is 1.30 bits per heavy atom. The van der Waals surface area contributed by atoms with Gasteiger partial charge >= 0.3 is 0 Å². The van der Waals surface area contributed by atoms with Gasteiger partial charge in [0.05, 0.1) is 0 Å². The van der Waals surface area contributed by atoms with Crippen molar-refractivity contribution >= 4 is 22.4 Å². The molecule has 1 atom stereocenters. The lowest BCUT2D eigenvalue weighted by Crippen LogP contribution is -2.37. The lowest BCUT2D eigenvalue weighted by Gasteiger charge is -2.28. The van der Waals surface area contributed by atoms with Gasteiger partial charge in [0.15, 0.2) is 5.13 Å². The molecular weight excluding hydrogens is 270 g/mol. The summed E-state index contributed by atoms with van der Waals surface area (Å²) >= 11 is 1.43. The average molecular weight is 289 g/mol. The second-order valence-electron chi connectivity index (χ2n) is 4.36. The number of carbonyl (C=O) groups is 1. The van der Waals surface area contributed by atoms with Crippen molar-refractivity contribution in [2.45, 2.75) is 19.9 Å². The molecule has 5 heteroatoms. The highest BCUT2D eigenvalue weighted by molar-refractivity contribution is 7.13. The monoisotopic (exact) mass is 289 g/mol. The van der Waals surface area contributed by atoms with Crippen LogP contribution in [0.5, 0.6) is 0 Å². The Kier molecular flexibility index (Phi) is 5.26. The molecule has 1 aromatic heterocycles. The van der Waals surface area contributed by atoms with Crippen molar-refractivity contribution < 1.29 is 4.79 Å². The molecule has 0 aliphatic rings. The minimum absolute atomic E-state index is 0.0325. The third-order valence-electron chi connectivity index (χ3n) is 3.20. The van der Waals surface area contributed by atoms with Crippen LogP contribution in [0.1, 0.15) is 25.5 Å². The zero-order valence-corrected chi connectivity index (χ0v) is 12.6. The van der Waals surface area contributed by atoms with Gasteiger partial charge < -0.3 is 5.32 Å². The summed E-state index contributed by atoms with van der Waals surface area (Å²) in [5.74, 6) is -0.0325. The molecule has 0 fully saturated rings. The van der Waals surface area contributed by atoms with E-state index < -0.39 is 0 Å². The van der Waals surface area contributed by atoms with Crippen molar-refractivity contribution in [3.8, 4) is 0 Å². The smallest absolute Gasteiger partial charge is 0.248 e. The summed E-state index contributed by atoms with van der Waals surface area (Å²) in [6, 6.07) is 9.58. The van der Waals surface area contributed by atoms with E-state index in [0.717, 1.165) is 18.7 Å². The van der Waals surface area contributed by atoms with Gasteiger partial charge in [-0.15, -0.1) is 11.3 Å². The number of anilines is 1. The molecule has 0 saturated heterocycles. The summed E-state index contributed by atoms with van der Waals surface area (Å²) in [6.45, 7) is 5.77. The van der Waals surface area contributed by atoms with Gasteiger partial charge in [-0.1, -0.05) is 44.2 Å². The number of benzene rings is 1. The van der Waals surface area contributed by atoms with E-state index in [1.165, 1.54) is 11.3 Å². The Labute approximate surface area is 123 Å². The first-order chi connectivity index (χ1) is 9.76. The molecule has 4 nitrogen and oxygen atoms in total. The van der Waals surface area contributed by atoms with E-state index in [2.05, 4.69) is 29.0 Å². The first-order valence-electron chi connectivity index (χ1n) is 6.75. The van der Waals surface area contributed by atoms with Crippen LogP contribution in [-0.2, 0) is 4.79 Å². The standard InChI is InChI=1S/C15H19N3OS/c1-3-18(4-2)13(12-8-6-5-7-9-12)14(19)17-15-16-10-11-20-15/h5-11,13H,3-4H2,1-2H3,(H,16,17,19)/t13-/m0/s1. The SMILES string of the molecule is CCN(CC)[C@H](C(=O)Nc1nccs1)c1ccccc1. The summed E-state index contributed by atoms with van der Waals surface area (Å²) in [5, 5.41) is 5.39. The topological polar surface area (TPSA) is 45.2 Å². The number of amides is 1. The number of nitrogens with one attached hydrogen (secondary N) is 1. The highest BCUT2D eigenvalue weighted by Crippen LogP contribution is 2.23. The van der Waals surface area contributed by atoms with E-state index in [4.69, 9.17) is 0 Å². The van der Waals surface area contributed by atoms with E-state index in [0.29, 0.717) is 5.13 Å². The zero-order chi connectivity index (χ0) is 14.4. The van der Waals surface area contributed by atoms with E-state index >= 15 is 0 Å². The molecule has 1 heterocycles. The Morgan fingerprint density at radius 3 is 2.55 bits per heavy atom. The Hall–Kier alpha value is -1.72. The normalized spacial score (nSPS) is 12.3. The molecular formula is C15H19N3OS. The molecule has 0 bridgehead atoms. The quantitative estimate of drug-likeness (QED) is 0.888. The number of thiazole rings is 1. The second kappa shape index (κ2) is 7.17. The lowest BCUT2D eigenvalue weighted by atomic mass is 10.0. The van der Waals surface area contributed by atoms with Crippen molar-refractivity contribution in [3.05, 3.63) is 47.5 Å². The highest BCUT2D eigenvalue weighted by Gasteiger charge is 2.26. The van der Waals surface area contributed by atoms with Crippen LogP contribution < -0.4 is 5.32 Å². The first kappa shape index (κ1) is 14.7. The average Bonchev–Trinajstić information content (AvgIpc) is 2.98. The molecule has 1 amide bonds. The largest absolute Gasteiger partial charge is 0.300 e. The van der Waals surface area contributed by atoms with E-state index in [9.17, 15) is 4.79 Å². The third kappa shape index (κ3) is 3.43. The molecule has 1 N–H and O–H groups in total. The molecule has 0 radical (unpaired) electrons. The maximum atomic E-state index is 12.6. The molecule has 2 rings (SSSR count). The van der Waals surface area contributed by atoms with E-state index in [1.54, 1.807) is 6.20 Å². The van der Waals surface area contributed by atoms with Crippen LogP contribution in [-0.4, -0.2) is 28.9 Å². The molecule has 0 spiro atoms. The van der Waals surface area contributed by atoms with Crippen molar-refractivity contribution in [1.29, 1.82) is 0 Å². The van der Waals surface area contributed by atoms with Crippen LogP contribution in [0.25, 0.3) is 0 Å². The summed E-state index contributed by atoms with van der Waals surface area (Å²) < 4.78 is 0. The number of hydrogen-bond acceptors (Lipinski definition) is 4. The summed E-state index contributed by atoms with van der Waals surface area (Å²) in [7, 11) is 0. The van der Waals surface area contributed by atoms with Crippen LogP contribution in [0.15, 0.2) is 41.9 Å². The minimum atomic E-state index is -0.282. The third-order valence-corrected chi connectivity index (χ3v) is 3.89. The fourth-order valence-corrected chi connectivity index (χ4v) is 2.74. The minimum Gasteiger partial charge on any atom is -0.300 e. The zero-order valence-electron chi connectivity index (χ0n) is 11.7. The van der Waals surface area contributed by atoms with Crippen molar-refractivity contribution in [1.82, 2.24) is 9.88 Å². The fourth-order valence-electron chi connectivity index (χ4n) is 2.21. The van der Waals surface area contributed by atoms with Crippen molar-refractivity contribution in [3.63, 3.8) is 0 Å². The highest BCUT2D eigenvalue weighted by atomic mass is 32.1. The van der Waals surface area contributed by atoms with Crippen LogP contribution >= 0.6 is 11.3 Å². The first-order valence-corrected chi connectivity index (χ1v) is 7.63. The van der Waals surface area contributed by atoms with Crippen LogP contribution in [0.3, 0.4) is 0 Å². The number of nitrogens with zero attached hydrogens (tertiary/aromatic N) is 2. The molecule has 0 aliphatic heterocycles. The van der Waals surface area contributed by atoms with Gasteiger partial charge in [0.25, 0.3) is 0 Å². The van der Waals surface area contributed by atoms with Crippen molar-refractivity contribution in [2.75, 3.05) is 18.4 Å². The molecule has 0 unspecified atom stereocenters. The number of carbonyl (C=O) groups excluding carboxylic acids is 1. The van der Waals surface area contributed by atoms with E-state index in [-0.39, 0.29) is 11.9 Å². The number of rotatable bonds is 6. The number of hydrogen-bond donors (Lipinski definition) is 1. The van der Waals surface area contributed by atoms with Crippen LogP contribution in [0.4, 0.5) is 5.13 Å². The fraction of sp³-hybridized carbons (Fsp3) is 0.333. The lowest BCUT2D eigenvalue weighted by molar-refractivity contribution is -0.121. The molecule has 0 aliphatic carbocycles. The van der Waals surface area contributed by atoms with Crippen molar-refractivity contribution in [2.24, 2.45) is 0 Å². The summed E-state index contributed by atoms with van der Waals surface area (Å²) in [4.78, 5) is 18.8. The maximum Gasteiger partial charge on any atom is 0.248 e. The van der Waals surface area contributed by atoms with Gasteiger partial charge in [-0.05, 0) is 18.7 Å². The van der Waals surface area contributed by atoms with Gasteiger partial charge in [-0.3, -0.25) is 9.69 Å². The van der Waals surface area contributed by atoms with Gasteiger partial charge in [0, 0.05) is 11.6 Å². The summed E-state index contributed by atoms with van der Waals surface area (Å²) in [6.07, 6.45) is 1.69. The number of likely N-dealkylation sites (N-methyl/N-ethyl adjacent to an activating group) is 1. The van der Waals surface area contributed by atoms with Gasteiger partial charge in [0.1, 0.15) is 6.04 Å². The van der Waals surface area contributed by atoms with Gasteiger partial charge in [-0.2, -0.15) is 0 Å². The predicted molar refractivity (Wildman–Crippen MR) is 82.8 cm³/mol. The van der Waals surface area contributed by atoms with Crippen LogP contribution in [0.2, 0.25) is 0 Å². The second-order valence-corrected chi connectivity index (χ2v) is 5.26. The Bertz CT molecular complexity index is 523. The predicted octanol–water partition coefficient (Wildman–Crippen LogP) is 3.16. The molecule has 106 valence electrons. The Morgan fingerprint density at radius 2 is 2.00 bits per heavy atom. The van der Waals surface area contributed by atoms with Crippen LogP contribution in [0, 0.1) is 0 Å².